The number of carbonyl (C=O) groups is 4. The second-order valence-electron chi connectivity index (χ2n) is 12.8. The lowest BCUT2D eigenvalue weighted by Crippen LogP contribution is -2.69. The van der Waals surface area contributed by atoms with Gasteiger partial charge in [0.1, 0.15) is 19.3 Å². The standard InChI is InChI=1S/C28H36FN3O15/c1-25-6-5-15(33)7-14(25)3-4-17-18-8-20(34)28(39,26(18,2)10-21(35)27(17,25)29)22(36)13-44-23(37)9-19(30)24(38)45-11-16(47-32(42)43)12-46-31(40)41/h3,5-6,16-21,34-35,39H,4,7-13,30H2,1-2H3/t16?,17-,18-,19?,20+,21-,25-,26-,27-,28-/m0/s1. The van der Waals surface area contributed by atoms with Gasteiger partial charge in [0.05, 0.1) is 18.6 Å². The summed E-state index contributed by atoms with van der Waals surface area (Å²) in [4.78, 5) is 79.0. The van der Waals surface area contributed by atoms with Crippen LogP contribution in [0.4, 0.5) is 4.39 Å². The van der Waals surface area contributed by atoms with Gasteiger partial charge in [-0.25, -0.2) is 4.39 Å². The number of alkyl halides is 1. The van der Waals surface area contributed by atoms with Crippen LogP contribution in [0.5, 0.6) is 0 Å². The molecule has 2 saturated carbocycles. The first-order valence-corrected chi connectivity index (χ1v) is 14.7. The highest BCUT2D eigenvalue weighted by Gasteiger charge is 2.76. The first-order valence-electron chi connectivity index (χ1n) is 14.7. The Morgan fingerprint density at radius 2 is 1.79 bits per heavy atom. The van der Waals surface area contributed by atoms with Crippen LogP contribution in [0, 0.1) is 42.9 Å². The van der Waals surface area contributed by atoms with Crippen molar-refractivity contribution in [2.24, 2.45) is 28.4 Å². The SMILES string of the molecule is C[C@]12C=CC(=O)CC1=CC[C@H]1[C@@H]3C[C@@H](O)[C@](O)(C(=O)COC(=O)CC(N)C(=O)OCC(CO[N+](=O)[O-])O[N+](=O)[O-])[C@@]3(C)C[C@H](O)[C@@]12F. The van der Waals surface area contributed by atoms with Gasteiger partial charge in [-0.15, -0.1) is 20.2 Å². The van der Waals surface area contributed by atoms with E-state index in [4.69, 9.17) is 15.2 Å². The molecule has 4 rings (SSSR count). The predicted octanol–water partition coefficient (Wildman–Crippen LogP) is -0.783. The van der Waals surface area contributed by atoms with Crippen molar-refractivity contribution in [1.82, 2.24) is 0 Å². The highest BCUT2D eigenvalue weighted by Crippen LogP contribution is 2.69. The van der Waals surface area contributed by atoms with Crippen molar-refractivity contribution in [2.75, 3.05) is 19.8 Å². The van der Waals surface area contributed by atoms with E-state index in [-0.39, 0.29) is 25.0 Å². The summed E-state index contributed by atoms with van der Waals surface area (Å²) in [5.74, 6) is -5.59. The molecule has 0 aliphatic heterocycles. The van der Waals surface area contributed by atoms with Gasteiger partial charge in [0.15, 0.2) is 29.8 Å². The number of rotatable bonds is 13. The smallest absolute Gasteiger partial charge is 0.323 e. The van der Waals surface area contributed by atoms with Gasteiger partial charge in [0, 0.05) is 23.2 Å². The molecule has 0 amide bonds. The normalized spacial score (nSPS) is 36.8. The van der Waals surface area contributed by atoms with E-state index in [1.807, 2.05) is 0 Å². The molecule has 2 fully saturated rings. The van der Waals surface area contributed by atoms with E-state index in [9.17, 15) is 54.7 Å². The zero-order chi connectivity index (χ0) is 35.1. The van der Waals surface area contributed by atoms with Gasteiger partial charge in [-0.2, -0.15) is 0 Å². The number of Topliss-reactive ketones (excluding diaryl/α,β-unsaturated/α-hetero) is 1. The minimum atomic E-state index is -2.57. The van der Waals surface area contributed by atoms with Crippen LogP contribution in [0.25, 0.3) is 0 Å². The topological polar surface area (TPSA) is 278 Å². The van der Waals surface area contributed by atoms with Crippen molar-refractivity contribution in [3.8, 4) is 0 Å². The summed E-state index contributed by atoms with van der Waals surface area (Å²) >= 11 is 0. The molecule has 0 bridgehead atoms. The van der Waals surface area contributed by atoms with Gasteiger partial charge in [0.25, 0.3) is 10.2 Å². The summed E-state index contributed by atoms with van der Waals surface area (Å²) in [5, 5.41) is 52.4. The number of esters is 2. The molecule has 0 aromatic carbocycles. The third-order valence-corrected chi connectivity index (χ3v) is 10.3. The molecule has 5 N–H and O–H groups in total. The fourth-order valence-electron chi connectivity index (χ4n) is 7.87. The van der Waals surface area contributed by atoms with Gasteiger partial charge in [0.2, 0.25) is 5.78 Å². The molecule has 0 aromatic rings. The molecule has 4 aliphatic carbocycles. The maximum Gasteiger partial charge on any atom is 0.323 e. The minimum Gasteiger partial charge on any atom is -0.462 e. The molecule has 0 spiro atoms. The largest absolute Gasteiger partial charge is 0.462 e. The van der Waals surface area contributed by atoms with Crippen LogP contribution in [0.15, 0.2) is 23.8 Å². The van der Waals surface area contributed by atoms with Crippen LogP contribution in [-0.2, 0) is 38.3 Å². The molecule has 0 aromatic heterocycles. The maximum atomic E-state index is 17.2. The molecule has 47 heavy (non-hydrogen) atoms. The van der Waals surface area contributed by atoms with Gasteiger partial charge in [-0.05, 0) is 38.2 Å². The first kappa shape index (κ1) is 35.8. The third-order valence-electron chi connectivity index (χ3n) is 10.3. The summed E-state index contributed by atoms with van der Waals surface area (Å²) in [6.45, 7) is 0.0932. The molecule has 0 saturated heterocycles. The quantitative estimate of drug-likeness (QED) is 0.0807. The number of carbonyl (C=O) groups excluding carboxylic acids is 4. The first-order chi connectivity index (χ1) is 21.8. The van der Waals surface area contributed by atoms with Gasteiger partial charge >= 0.3 is 11.9 Å². The lowest BCUT2D eigenvalue weighted by Gasteiger charge is -2.61. The van der Waals surface area contributed by atoms with E-state index in [0.29, 0.717) is 5.57 Å². The highest BCUT2D eigenvalue weighted by atomic mass is 19.1. The molecule has 4 aliphatic rings. The Morgan fingerprint density at radius 3 is 2.43 bits per heavy atom. The number of nitrogens with zero attached hydrogens (tertiary/aromatic N) is 2. The van der Waals surface area contributed by atoms with Crippen LogP contribution in [-0.4, -0.2) is 104 Å². The number of ether oxygens (including phenoxy) is 2. The molecular weight excluding hydrogens is 637 g/mol. The Kier molecular flexibility index (Phi) is 9.78. The number of halogens is 1. The molecule has 18 nitrogen and oxygen atoms in total. The van der Waals surface area contributed by atoms with Crippen molar-refractivity contribution in [3.63, 3.8) is 0 Å². The number of hydrogen-bond acceptors (Lipinski definition) is 16. The van der Waals surface area contributed by atoms with E-state index in [2.05, 4.69) is 9.68 Å². The average Bonchev–Trinajstić information content (AvgIpc) is 3.19. The predicted molar refractivity (Wildman–Crippen MR) is 149 cm³/mol. The van der Waals surface area contributed by atoms with Gasteiger partial charge < -0.3 is 40.2 Å². The Labute approximate surface area is 265 Å². The molecule has 260 valence electrons. The van der Waals surface area contributed by atoms with Gasteiger partial charge in [-0.1, -0.05) is 24.6 Å². The number of fused-ring (bicyclic) bond motifs is 5. The monoisotopic (exact) mass is 673 g/mol. The number of aliphatic hydroxyl groups is 3. The number of hydrogen-bond donors (Lipinski definition) is 4. The van der Waals surface area contributed by atoms with Crippen molar-refractivity contribution in [1.29, 1.82) is 0 Å². The van der Waals surface area contributed by atoms with E-state index in [1.165, 1.54) is 19.1 Å². The van der Waals surface area contributed by atoms with E-state index in [0.717, 1.165) is 0 Å². The van der Waals surface area contributed by atoms with E-state index < -0.39 is 119 Å². The number of nitrogens with two attached hydrogens (primary N) is 1. The second-order valence-corrected chi connectivity index (χ2v) is 12.8. The van der Waals surface area contributed by atoms with Crippen molar-refractivity contribution in [2.45, 2.75) is 81.6 Å². The molecule has 10 atom stereocenters. The zero-order valence-corrected chi connectivity index (χ0v) is 25.4. The van der Waals surface area contributed by atoms with Crippen LogP contribution < -0.4 is 5.73 Å². The van der Waals surface area contributed by atoms with Crippen molar-refractivity contribution in [3.05, 3.63) is 44.0 Å². The number of allylic oxidation sites excluding steroid dienone is 4. The van der Waals surface area contributed by atoms with Crippen LogP contribution >= 0.6 is 0 Å². The Bertz CT molecular complexity index is 1410. The average molecular weight is 674 g/mol. The zero-order valence-electron chi connectivity index (χ0n) is 25.4. The summed E-state index contributed by atoms with van der Waals surface area (Å²) < 4.78 is 26.8. The van der Waals surface area contributed by atoms with Crippen molar-refractivity contribution < 1.29 is 68.2 Å². The number of ketones is 2. The van der Waals surface area contributed by atoms with E-state index >= 15 is 4.39 Å². The second kappa shape index (κ2) is 12.9. The Morgan fingerprint density at radius 1 is 1.11 bits per heavy atom. The van der Waals surface area contributed by atoms with Gasteiger partial charge in [-0.3, -0.25) is 19.2 Å². The summed E-state index contributed by atoms with van der Waals surface area (Å²) in [6, 6.07) is -1.71. The lowest BCUT2D eigenvalue weighted by molar-refractivity contribution is -0.790. The third kappa shape index (κ3) is 6.07. The fraction of sp³-hybridized carbons (Fsp3) is 0.714. The molecule has 0 heterocycles. The van der Waals surface area contributed by atoms with Crippen LogP contribution in [0.3, 0.4) is 0 Å². The molecule has 19 heteroatoms. The Balaban J connectivity index is 1.39. The molecule has 2 unspecified atom stereocenters. The summed E-state index contributed by atoms with van der Waals surface area (Å²) in [6.07, 6.45) is -2.10. The molecule has 0 radical (unpaired) electrons. The summed E-state index contributed by atoms with van der Waals surface area (Å²) in [5.41, 5.74) is -1.60. The van der Waals surface area contributed by atoms with Crippen LogP contribution in [0.2, 0.25) is 0 Å². The lowest BCUT2D eigenvalue weighted by atomic mass is 9.45. The summed E-state index contributed by atoms with van der Waals surface area (Å²) in [7, 11) is 0. The van der Waals surface area contributed by atoms with Crippen LogP contribution in [0.1, 0.15) is 46.0 Å². The Hall–Kier alpha value is -4.07. The minimum absolute atomic E-state index is 0.00667. The van der Waals surface area contributed by atoms with E-state index in [1.54, 1.807) is 13.0 Å². The number of aliphatic hydroxyl groups excluding tert-OH is 2. The highest BCUT2D eigenvalue weighted by molar-refractivity contribution is 5.94. The maximum absolute atomic E-state index is 17.2. The molecular formula is C28H36FN3O15. The fourth-order valence-corrected chi connectivity index (χ4v) is 7.87. The van der Waals surface area contributed by atoms with Crippen molar-refractivity contribution >= 4 is 23.5 Å².